The molecule has 1 aromatic rings. The van der Waals surface area contributed by atoms with Crippen LogP contribution in [-0.2, 0) is 11.0 Å². The lowest BCUT2D eigenvalue weighted by atomic mass is 9.94. The van der Waals surface area contributed by atoms with Crippen molar-refractivity contribution in [1.82, 2.24) is 15.5 Å². The molecule has 156 valence electrons. The molecule has 2 amide bonds. The number of nitrogens with one attached hydrogen (secondary N) is 2. The summed E-state index contributed by atoms with van der Waals surface area (Å²) in [7, 11) is 0. The maximum absolute atomic E-state index is 12.6. The van der Waals surface area contributed by atoms with Crippen LogP contribution in [0.3, 0.4) is 0 Å². The van der Waals surface area contributed by atoms with Gasteiger partial charge in [0.05, 0.1) is 5.56 Å². The minimum atomic E-state index is -4.42. The highest BCUT2D eigenvalue weighted by molar-refractivity contribution is 5.94. The number of piperidine rings is 2. The first-order valence-electron chi connectivity index (χ1n) is 9.32. The van der Waals surface area contributed by atoms with Gasteiger partial charge in [0.2, 0.25) is 5.91 Å². The molecule has 2 N–H and O–H groups in total. The third kappa shape index (κ3) is 5.61. The van der Waals surface area contributed by atoms with Gasteiger partial charge in [-0.05, 0) is 56.5 Å². The molecule has 2 fully saturated rings. The highest BCUT2D eigenvalue weighted by atomic mass is 35.5. The lowest BCUT2D eigenvalue weighted by Crippen LogP contribution is -2.49. The van der Waals surface area contributed by atoms with Crippen LogP contribution in [0.25, 0.3) is 0 Å². The molecular formula is C19H25ClF3N3O2. The minimum absolute atomic E-state index is 0. The number of carbonyl (C=O) groups excluding carboxylic acids is 2. The van der Waals surface area contributed by atoms with E-state index in [-0.39, 0.29) is 41.7 Å². The molecule has 0 radical (unpaired) electrons. The first-order chi connectivity index (χ1) is 12.8. The normalized spacial score (nSPS) is 21.0. The first-order valence-corrected chi connectivity index (χ1v) is 9.32. The van der Waals surface area contributed by atoms with Gasteiger partial charge in [0.1, 0.15) is 0 Å². The average Bonchev–Trinajstić information content (AvgIpc) is 2.68. The van der Waals surface area contributed by atoms with Crippen molar-refractivity contribution in [2.24, 2.45) is 5.92 Å². The molecule has 0 bridgehead atoms. The number of nitrogens with zero attached hydrogens (tertiary/aromatic N) is 1. The lowest BCUT2D eigenvalue weighted by molar-refractivity contribution is -0.137. The van der Waals surface area contributed by atoms with Crippen molar-refractivity contribution in [3.63, 3.8) is 0 Å². The van der Waals surface area contributed by atoms with E-state index in [0.717, 1.165) is 38.1 Å². The molecule has 0 aliphatic carbocycles. The average molecular weight is 420 g/mol. The number of rotatable bonds is 3. The van der Waals surface area contributed by atoms with Crippen LogP contribution < -0.4 is 10.6 Å². The molecule has 0 aromatic heterocycles. The van der Waals surface area contributed by atoms with E-state index in [1.54, 1.807) is 4.90 Å². The molecular weight excluding hydrogens is 395 g/mol. The Balaban J connectivity index is 0.00000280. The molecule has 0 spiro atoms. The Kier molecular flexibility index (Phi) is 7.71. The molecule has 2 heterocycles. The molecule has 5 nitrogen and oxygen atoms in total. The zero-order chi connectivity index (χ0) is 19.4. The quantitative estimate of drug-likeness (QED) is 0.792. The van der Waals surface area contributed by atoms with Crippen LogP contribution in [0, 0.1) is 5.92 Å². The van der Waals surface area contributed by atoms with Crippen LogP contribution in [0.1, 0.15) is 41.6 Å². The van der Waals surface area contributed by atoms with E-state index in [4.69, 9.17) is 0 Å². The molecule has 0 saturated carbocycles. The summed E-state index contributed by atoms with van der Waals surface area (Å²) in [6.07, 6.45) is -1.26. The molecule has 2 aliphatic heterocycles. The second kappa shape index (κ2) is 9.60. The van der Waals surface area contributed by atoms with E-state index < -0.39 is 11.7 Å². The molecule has 9 heteroatoms. The van der Waals surface area contributed by atoms with Gasteiger partial charge < -0.3 is 15.5 Å². The van der Waals surface area contributed by atoms with E-state index in [1.165, 1.54) is 12.1 Å². The fourth-order valence-electron chi connectivity index (χ4n) is 3.62. The first kappa shape index (κ1) is 22.5. The molecule has 3 rings (SSSR count). The van der Waals surface area contributed by atoms with Gasteiger partial charge in [0.25, 0.3) is 5.91 Å². The number of hydrogen-bond donors (Lipinski definition) is 2. The maximum Gasteiger partial charge on any atom is 0.416 e. The van der Waals surface area contributed by atoms with Crippen LogP contribution in [0.15, 0.2) is 24.3 Å². The topological polar surface area (TPSA) is 61.4 Å². The van der Waals surface area contributed by atoms with Crippen LogP contribution in [-0.4, -0.2) is 48.9 Å². The van der Waals surface area contributed by atoms with Crippen molar-refractivity contribution >= 4 is 24.2 Å². The number of halogens is 4. The summed E-state index contributed by atoms with van der Waals surface area (Å²) in [5, 5.41) is 6.33. The Bertz CT molecular complexity index is 668. The zero-order valence-corrected chi connectivity index (χ0v) is 16.2. The van der Waals surface area contributed by atoms with Crippen LogP contribution in [0.2, 0.25) is 0 Å². The summed E-state index contributed by atoms with van der Waals surface area (Å²) in [4.78, 5) is 26.5. The van der Waals surface area contributed by atoms with Crippen molar-refractivity contribution in [2.75, 3.05) is 26.2 Å². The number of alkyl halides is 3. The second-order valence-electron chi connectivity index (χ2n) is 7.19. The Morgan fingerprint density at radius 3 is 2.25 bits per heavy atom. The number of hydrogen-bond acceptors (Lipinski definition) is 3. The van der Waals surface area contributed by atoms with Gasteiger partial charge in [0.15, 0.2) is 0 Å². The van der Waals surface area contributed by atoms with E-state index in [2.05, 4.69) is 10.6 Å². The van der Waals surface area contributed by atoms with Gasteiger partial charge in [-0.25, -0.2) is 0 Å². The van der Waals surface area contributed by atoms with Crippen LogP contribution in [0.5, 0.6) is 0 Å². The van der Waals surface area contributed by atoms with E-state index in [0.29, 0.717) is 25.9 Å². The van der Waals surface area contributed by atoms with Crippen molar-refractivity contribution in [1.29, 1.82) is 0 Å². The van der Waals surface area contributed by atoms with Crippen molar-refractivity contribution in [3.8, 4) is 0 Å². The number of carbonyl (C=O) groups is 2. The lowest BCUT2D eigenvalue weighted by Gasteiger charge is -2.33. The fourth-order valence-corrected chi connectivity index (χ4v) is 3.62. The Labute approximate surface area is 168 Å². The number of likely N-dealkylation sites (tertiary alicyclic amines) is 1. The molecule has 2 aliphatic rings. The largest absolute Gasteiger partial charge is 0.416 e. The van der Waals surface area contributed by atoms with Gasteiger partial charge in [-0.1, -0.05) is 0 Å². The molecule has 1 atom stereocenters. The number of benzene rings is 1. The predicted octanol–water partition coefficient (Wildman–Crippen LogP) is 2.85. The Hall–Kier alpha value is -1.80. The number of amides is 2. The van der Waals surface area contributed by atoms with Gasteiger partial charge in [0, 0.05) is 37.2 Å². The van der Waals surface area contributed by atoms with Crippen LogP contribution in [0.4, 0.5) is 13.2 Å². The van der Waals surface area contributed by atoms with Crippen LogP contribution >= 0.6 is 12.4 Å². The standard InChI is InChI=1S/C19H24F3N3O2.ClH/c20-19(21,22)15-5-3-14(4-6-15)18(27)25-10-7-13(8-11-25)17(26)24-16-2-1-9-23-12-16;/h3-6,13,16,23H,1-2,7-12H2,(H,24,26);1H/t16-;/m0./s1. The third-order valence-corrected chi connectivity index (χ3v) is 5.26. The van der Waals surface area contributed by atoms with E-state index >= 15 is 0 Å². The smallest absolute Gasteiger partial charge is 0.352 e. The Morgan fingerprint density at radius 2 is 1.71 bits per heavy atom. The van der Waals surface area contributed by atoms with Crippen molar-refractivity contribution in [2.45, 2.75) is 37.9 Å². The molecule has 28 heavy (non-hydrogen) atoms. The third-order valence-electron chi connectivity index (χ3n) is 5.26. The Morgan fingerprint density at radius 1 is 1.07 bits per heavy atom. The summed E-state index contributed by atoms with van der Waals surface area (Å²) < 4.78 is 37.9. The summed E-state index contributed by atoms with van der Waals surface area (Å²) in [5.74, 6) is -0.382. The van der Waals surface area contributed by atoms with Crippen molar-refractivity contribution in [3.05, 3.63) is 35.4 Å². The summed E-state index contributed by atoms with van der Waals surface area (Å²) in [5.41, 5.74) is -0.536. The second-order valence-corrected chi connectivity index (χ2v) is 7.19. The highest BCUT2D eigenvalue weighted by Gasteiger charge is 2.32. The van der Waals surface area contributed by atoms with E-state index in [9.17, 15) is 22.8 Å². The molecule has 0 unspecified atom stereocenters. The summed E-state index contributed by atoms with van der Waals surface area (Å²) in [6.45, 7) is 2.63. The predicted molar refractivity (Wildman–Crippen MR) is 101 cm³/mol. The van der Waals surface area contributed by atoms with E-state index in [1.807, 2.05) is 0 Å². The fraction of sp³-hybridized carbons (Fsp3) is 0.579. The SMILES string of the molecule is Cl.O=C(N[C@H]1CCCNC1)C1CCN(C(=O)c2ccc(C(F)(F)F)cc2)CC1. The maximum atomic E-state index is 12.6. The zero-order valence-electron chi connectivity index (χ0n) is 15.4. The monoisotopic (exact) mass is 419 g/mol. The van der Waals surface area contributed by atoms with Crippen molar-refractivity contribution < 1.29 is 22.8 Å². The summed E-state index contributed by atoms with van der Waals surface area (Å²) >= 11 is 0. The van der Waals surface area contributed by atoms with Gasteiger partial charge >= 0.3 is 6.18 Å². The highest BCUT2D eigenvalue weighted by Crippen LogP contribution is 2.29. The minimum Gasteiger partial charge on any atom is -0.352 e. The van der Waals surface area contributed by atoms with Gasteiger partial charge in [-0.3, -0.25) is 9.59 Å². The summed E-state index contributed by atoms with van der Waals surface area (Å²) in [6, 6.07) is 4.43. The van der Waals surface area contributed by atoms with Gasteiger partial charge in [-0.15, -0.1) is 12.4 Å². The molecule has 2 saturated heterocycles. The van der Waals surface area contributed by atoms with Gasteiger partial charge in [-0.2, -0.15) is 13.2 Å². The molecule has 1 aromatic carbocycles.